The van der Waals surface area contributed by atoms with Gasteiger partial charge in [-0.25, -0.2) is 8.42 Å². The summed E-state index contributed by atoms with van der Waals surface area (Å²) in [4.78, 5) is 0.392. The van der Waals surface area contributed by atoms with Crippen molar-refractivity contribution in [3.05, 3.63) is 27.8 Å². The van der Waals surface area contributed by atoms with Crippen molar-refractivity contribution >= 4 is 32.6 Å². The van der Waals surface area contributed by atoms with Crippen LogP contribution in [0.4, 0.5) is 0 Å². The molecule has 0 spiro atoms. The largest absolute Gasteiger partial charge is 0.316 e. The highest BCUT2D eigenvalue weighted by molar-refractivity contribution is 14.1. The van der Waals surface area contributed by atoms with Gasteiger partial charge in [-0.1, -0.05) is 6.92 Å². The minimum atomic E-state index is -3.37. The van der Waals surface area contributed by atoms with E-state index in [0.717, 1.165) is 29.5 Å². The normalized spacial score (nSPS) is 20.2. The Balaban J connectivity index is 2.14. The van der Waals surface area contributed by atoms with Crippen molar-refractivity contribution in [3.8, 4) is 0 Å². The highest BCUT2D eigenvalue weighted by atomic mass is 127. The van der Waals surface area contributed by atoms with Crippen LogP contribution in [0.25, 0.3) is 0 Å². The SMILES string of the molecule is CCN(CC1CCCNC1)S(=O)(=O)c1ccc(I)cc1. The van der Waals surface area contributed by atoms with Crippen molar-refractivity contribution in [1.29, 1.82) is 0 Å². The number of nitrogens with one attached hydrogen (secondary N) is 1. The topological polar surface area (TPSA) is 49.4 Å². The Kier molecular flexibility index (Phi) is 5.83. The number of piperidine rings is 1. The van der Waals surface area contributed by atoms with Crippen molar-refractivity contribution in [2.24, 2.45) is 5.92 Å². The number of halogens is 1. The van der Waals surface area contributed by atoms with Gasteiger partial charge in [0.05, 0.1) is 4.90 Å². The Morgan fingerprint density at radius 3 is 2.60 bits per heavy atom. The summed E-state index contributed by atoms with van der Waals surface area (Å²) in [5.74, 6) is 0.419. The van der Waals surface area contributed by atoms with Gasteiger partial charge in [0.1, 0.15) is 0 Å². The third-order valence-corrected chi connectivity index (χ3v) is 6.34. The third kappa shape index (κ3) is 3.93. The van der Waals surface area contributed by atoms with E-state index in [2.05, 4.69) is 27.9 Å². The lowest BCUT2D eigenvalue weighted by Crippen LogP contribution is -2.40. The highest BCUT2D eigenvalue weighted by Crippen LogP contribution is 2.20. The second-order valence-electron chi connectivity index (χ2n) is 5.12. The zero-order valence-corrected chi connectivity index (χ0v) is 14.7. The van der Waals surface area contributed by atoms with Gasteiger partial charge in [0.15, 0.2) is 0 Å². The second-order valence-corrected chi connectivity index (χ2v) is 8.31. The van der Waals surface area contributed by atoms with Crippen molar-refractivity contribution in [1.82, 2.24) is 9.62 Å². The van der Waals surface area contributed by atoms with Crippen LogP contribution < -0.4 is 5.32 Å². The molecular weight excluding hydrogens is 387 g/mol. The molecule has 0 bridgehead atoms. The molecule has 0 aromatic heterocycles. The summed E-state index contributed by atoms with van der Waals surface area (Å²) in [6.07, 6.45) is 2.23. The molecule has 1 saturated heterocycles. The van der Waals surface area contributed by atoms with Gasteiger partial charge in [-0.3, -0.25) is 0 Å². The van der Waals surface area contributed by atoms with E-state index < -0.39 is 10.0 Å². The zero-order valence-electron chi connectivity index (χ0n) is 11.7. The zero-order chi connectivity index (χ0) is 14.6. The van der Waals surface area contributed by atoms with E-state index in [9.17, 15) is 8.42 Å². The van der Waals surface area contributed by atoms with Gasteiger partial charge in [-0.2, -0.15) is 4.31 Å². The molecule has 4 nitrogen and oxygen atoms in total. The van der Waals surface area contributed by atoms with Crippen LogP contribution in [0.1, 0.15) is 19.8 Å². The average Bonchev–Trinajstić information content (AvgIpc) is 2.46. The second kappa shape index (κ2) is 7.20. The maximum atomic E-state index is 12.7. The lowest BCUT2D eigenvalue weighted by Gasteiger charge is -2.28. The van der Waals surface area contributed by atoms with E-state index in [-0.39, 0.29) is 0 Å². The van der Waals surface area contributed by atoms with E-state index in [4.69, 9.17) is 0 Å². The fourth-order valence-corrected chi connectivity index (χ4v) is 4.41. The number of rotatable bonds is 5. The first-order chi connectivity index (χ1) is 9.54. The van der Waals surface area contributed by atoms with E-state index in [1.54, 1.807) is 16.4 Å². The van der Waals surface area contributed by atoms with Crippen LogP contribution in [-0.4, -0.2) is 38.9 Å². The maximum absolute atomic E-state index is 12.7. The molecule has 112 valence electrons. The Morgan fingerprint density at radius 1 is 1.35 bits per heavy atom. The molecule has 1 aliphatic heterocycles. The molecular formula is C14H21IN2O2S. The first-order valence-electron chi connectivity index (χ1n) is 7.00. The van der Waals surface area contributed by atoms with E-state index in [0.29, 0.717) is 23.9 Å². The van der Waals surface area contributed by atoms with Gasteiger partial charge in [-0.05, 0) is 78.7 Å². The smallest absolute Gasteiger partial charge is 0.243 e. The van der Waals surface area contributed by atoms with Crippen molar-refractivity contribution in [2.75, 3.05) is 26.2 Å². The fourth-order valence-electron chi connectivity index (χ4n) is 2.52. The molecule has 0 radical (unpaired) electrons. The predicted molar refractivity (Wildman–Crippen MR) is 89.2 cm³/mol. The first kappa shape index (κ1) is 16.2. The Morgan fingerprint density at radius 2 is 2.05 bits per heavy atom. The van der Waals surface area contributed by atoms with E-state index in [1.165, 1.54) is 0 Å². The third-order valence-electron chi connectivity index (χ3n) is 3.66. The summed E-state index contributed by atoms with van der Waals surface area (Å²) in [6, 6.07) is 7.06. The molecule has 1 aromatic rings. The number of hydrogen-bond donors (Lipinski definition) is 1. The van der Waals surface area contributed by atoms with Crippen LogP contribution in [0.2, 0.25) is 0 Å². The Labute approximate surface area is 135 Å². The monoisotopic (exact) mass is 408 g/mol. The van der Waals surface area contributed by atoms with Crippen LogP contribution in [0.15, 0.2) is 29.2 Å². The summed E-state index contributed by atoms with van der Waals surface area (Å²) in [6.45, 7) is 4.99. The molecule has 0 saturated carbocycles. The highest BCUT2D eigenvalue weighted by Gasteiger charge is 2.26. The predicted octanol–water partition coefficient (Wildman–Crippen LogP) is 2.30. The number of hydrogen-bond acceptors (Lipinski definition) is 3. The van der Waals surface area contributed by atoms with Crippen molar-refractivity contribution in [2.45, 2.75) is 24.7 Å². The van der Waals surface area contributed by atoms with Crippen molar-refractivity contribution in [3.63, 3.8) is 0 Å². The Hall–Kier alpha value is -0.180. The summed E-state index contributed by atoms with van der Waals surface area (Å²) in [5.41, 5.74) is 0. The minimum absolute atomic E-state index is 0.392. The van der Waals surface area contributed by atoms with Crippen LogP contribution in [0, 0.1) is 9.49 Å². The van der Waals surface area contributed by atoms with Gasteiger partial charge < -0.3 is 5.32 Å². The summed E-state index contributed by atoms with van der Waals surface area (Å²) >= 11 is 2.18. The van der Waals surface area contributed by atoms with Gasteiger partial charge in [0, 0.05) is 16.7 Å². The molecule has 1 fully saturated rings. The molecule has 1 heterocycles. The average molecular weight is 408 g/mol. The minimum Gasteiger partial charge on any atom is -0.316 e. The molecule has 1 N–H and O–H groups in total. The van der Waals surface area contributed by atoms with Crippen molar-refractivity contribution < 1.29 is 8.42 Å². The molecule has 0 amide bonds. The van der Waals surface area contributed by atoms with Crippen LogP contribution in [0.3, 0.4) is 0 Å². The molecule has 1 atom stereocenters. The van der Waals surface area contributed by atoms with Crippen LogP contribution >= 0.6 is 22.6 Å². The van der Waals surface area contributed by atoms with E-state index >= 15 is 0 Å². The summed E-state index contributed by atoms with van der Waals surface area (Å²) in [5, 5.41) is 3.34. The van der Waals surface area contributed by atoms with Crippen LogP contribution in [0.5, 0.6) is 0 Å². The quantitative estimate of drug-likeness (QED) is 0.761. The number of nitrogens with zero attached hydrogens (tertiary/aromatic N) is 1. The van der Waals surface area contributed by atoms with Gasteiger partial charge in [0.25, 0.3) is 0 Å². The molecule has 6 heteroatoms. The van der Waals surface area contributed by atoms with Crippen LogP contribution in [-0.2, 0) is 10.0 Å². The summed E-state index contributed by atoms with van der Waals surface area (Å²) < 4.78 is 27.9. The lowest BCUT2D eigenvalue weighted by atomic mass is 10.00. The van der Waals surface area contributed by atoms with Gasteiger partial charge in [0.2, 0.25) is 10.0 Å². The fraction of sp³-hybridized carbons (Fsp3) is 0.571. The molecule has 0 aliphatic carbocycles. The molecule has 2 rings (SSSR count). The first-order valence-corrected chi connectivity index (χ1v) is 9.52. The van der Waals surface area contributed by atoms with Gasteiger partial charge in [-0.15, -0.1) is 0 Å². The van der Waals surface area contributed by atoms with E-state index in [1.807, 2.05) is 19.1 Å². The molecule has 20 heavy (non-hydrogen) atoms. The number of benzene rings is 1. The Bertz CT molecular complexity index is 525. The molecule has 1 aliphatic rings. The standard InChI is InChI=1S/C14H21IN2O2S/c1-2-17(11-12-4-3-9-16-10-12)20(18,19)14-7-5-13(15)6-8-14/h5-8,12,16H,2-4,9-11H2,1H3. The van der Waals surface area contributed by atoms with Gasteiger partial charge >= 0.3 is 0 Å². The summed E-state index contributed by atoms with van der Waals surface area (Å²) in [7, 11) is -3.37. The molecule has 1 aromatic carbocycles. The molecule has 1 unspecified atom stereocenters. The number of sulfonamides is 1. The maximum Gasteiger partial charge on any atom is 0.243 e. The lowest BCUT2D eigenvalue weighted by molar-refractivity contribution is 0.298.